The predicted molar refractivity (Wildman–Crippen MR) is 65.5 cm³/mol. The Balaban J connectivity index is 2.67. The molecular weight excluding hydrogens is 276 g/mol. The van der Waals surface area contributed by atoms with Crippen LogP contribution in [0.25, 0.3) is 0 Å². The lowest BCUT2D eigenvalue weighted by molar-refractivity contribution is 0.265. The second-order valence-corrected chi connectivity index (χ2v) is 8.77. The zero-order valence-electron chi connectivity index (χ0n) is 9.78. The molecular formula is C11H14O5S2. The van der Waals surface area contributed by atoms with Crippen molar-refractivity contribution >= 4 is 19.7 Å². The molecule has 2 rings (SSSR count). The molecule has 1 N–H and O–H groups in total. The van der Waals surface area contributed by atoms with E-state index in [0.29, 0.717) is 0 Å². The normalized spacial score (nSPS) is 22.6. The predicted octanol–water partition coefficient (Wildman–Crippen LogP) is 0.592. The van der Waals surface area contributed by atoms with Crippen molar-refractivity contribution in [2.75, 3.05) is 6.61 Å². The van der Waals surface area contributed by atoms with Gasteiger partial charge in [0.15, 0.2) is 24.3 Å². The van der Waals surface area contributed by atoms with E-state index in [1.807, 2.05) is 0 Å². The van der Waals surface area contributed by atoms with Gasteiger partial charge in [0.2, 0.25) is 0 Å². The number of hydrogen-bond donors (Lipinski definition) is 1. The zero-order chi connectivity index (χ0) is 13.6. The highest BCUT2D eigenvalue weighted by atomic mass is 32.3. The maximum absolute atomic E-state index is 12.3. The number of rotatable bonds is 3. The van der Waals surface area contributed by atoms with Crippen molar-refractivity contribution in [3.05, 3.63) is 24.3 Å². The van der Waals surface area contributed by atoms with E-state index in [0.717, 1.165) is 0 Å². The summed E-state index contributed by atoms with van der Waals surface area (Å²) in [7, 11) is -7.75. The van der Waals surface area contributed by atoms with E-state index in [9.17, 15) is 16.8 Å². The van der Waals surface area contributed by atoms with Crippen molar-refractivity contribution in [2.24, 2.45) is 5.92 Å². The molecule has 0 radical (unpaired) electrons. The third-order valence-corrected chi connectivity index (χ3v) is 8.86. The summed E-state index contributed by atoms with van der Waals surface area (Å²) in [6.45, 7) is 1.29. The van der Waals surface area contributed by atoms with E-state index in [2.05, 4.69) is 0 Å². The Morgan fingerprint density at radius 3 is 1.94 bits per heavy atom. The van der Waals surface area contributed by atoms with Gasteiger partial charge < -0.3 is 5.11 Å². The van der Waals surface area contributed by atoms with Crippen LogP contribution in [0.3, 0.4) is 0 Å². The molecule has 0 unspecified atom stereocenters. The summed E-state index contributed by atoms with van der Waals surface area (Å²) in [5.74, 6) is -0.641. The van der Waals surface area contributed by atoms with Gasteiger partial charge in [-0.3, -0.25) is 0 Å². The van der Waals surface area contributed by atoms with Gasteiger partial charge in [-0.15, -0.1) is 0 Å². The van der Waals surface area contributed by atoms with Gasteiger partial charge in [-0.05, 0) is 24.5 Å². The van der Waals surface area contributed by atoms with E-state index in [1.54, 1.807) is 0 Å². The zero-order valence-corrected chi connectivity index (χ0v) is 11.4. The van der Waals surface area contributed by atoms with Crippen molar-refractivity contribution in [1.82, 2.24) is 0 Å². The molecule has 5 nitrogen and oxygen atoms in total. The fourth-order valence-electron chi connectivity index (χ4n) is 2.29. The Hall–Kier alpha value is -0.920. The van der Waals surface area contributed by atoms with Crippen LogP contribution in [-0.4, -0.2) is 33.1 Å². The lowest BCUT2D eigenvalue weighted by Gasteiger charge is -2.16. The number of aliphatic hydroxyl groups excluding tert-OH is 1. The molecule has 18 heavy (non-hydrogen) atoms. The molecule has 0 fully saturated rings. The van der Waals surface area contributed by atoms with Crippen LogP contribution in [0.1, 0.15) is 13.3 Å². The summed E-state index contributed by atoms with van der Waals surface area (Å²) in [6.07, 6.45) is 0.136. The topological polar surface area (TPSA) is 88.5 Å². The minimum atomic E-state index is -3.87. The van der Waals surface area contributed by atoms with Gasteiger partial charge in [0.05, 0.1) is 9.79 Å². The van der Waals surface area contributed by atoms with Crippen LogP contribution in [0.5, 0.6) is 0 Å². The van der Waals surface area contributed by atoms with Crippen molar-refractivity contribution in [1.29, 1.82) is 0 Å². The van der Waals surface area contributed by atoms with Crippen molar-refractivity contribution in [2.45, 2.75) is 27.7 Å². The summed E-state index contributed by atoms with van der Waals surface area (Å²) in [5, 5.41) is 8.86. The van der Waals surface area contributed by atoms with E-state index >= 15 is 0 Å². The van der Waals surface area contributed by atoms with Crippen LogP contribution in [0, 0.1) is 5.92 Å². The van der Waals surface area contributed by atoms with Crippen LogP contribution >= 0.6 is 0 Å². The van der Waals surface area contributed by atoms with Crippen molar-refractivity contribution in [3.63, 3.8) is 0 Å². The summed E-state index contributed by atoms with van der Waals surface area (Å²) in [6, 6.07) is 5.64. The van der Waals surface area contributed by atoms with Crippen LogP contribution in [0.15, 0.2) is 34.1 Å². The van der Waals surface area contributed by atoms with Crippen LogP contribution in [0.4, 0.5) is 0 Å². The summed E-state index contributed by atoms with van der Waals surface area (Å²) < 4.78 is 47.5. The Morgan fingerprint density at radius 1 is 1.11 bits per heavy atom. The van der Waals surface area contributed by atoms with E-state index in [4.69, 9.17) is 5.11 Å². The number of benzene rings is 1. The van der Waals surface area contributed by atoms with E-state index in [1.165, 1.54) is 31.2 Å². The summed E-state index contributed by atoms with van der Waals surface area (Å²) in [4.78, 5) is -0.250. The minimum absolute atomic E-state index is 0.125. The Labute approximate surface area is 106 Å². The largest absolute Gasteiger partial charge is 0.396 e. The fraction of sp³-hybridized carbons (Fsp3) is 0.455. The first kappa shape index (κ1) is 13.5. The smallest absolute Gasteiger partial charge is 0.197 e. The molecule has 100 valence electrons. The van der Waals surface area contributed by atoms with Gasteiger partial charge >= 0.3 is 0 Å². The average molecular weight is 290 g/mol. The Bertz CT molecular complexity index is 607. The SMILES string of the molecule is C[C@H](CCO)C1S(=O)(=O)c2ccccc2S1(=O)=O. The third-order valence-electron chi connectivity index (χ3n) is 3.12. The van der Waals surface area contributed by atoms with Crippen molar-refractivity contribution in [3.8, 4) is 0 Å². The molecule has 0 spiro atoms. The molecule has 1 heterocycles. The standard InChI is InChI=1S/C11H14O5S2/c1-8(6-7-12)11-17(13,14)9-4-2-3-5-10(9)18(11,15)16/h2-5,8,11-12H,6-7H2,1H3/t8-/m1/s1. The molecule has 0 saturated carbocycles. The highest BCUT2D eigenvalue weighted by Crippen LogP contribution is 2.41. The summed E-state index contributed by atoms with van der Waals surface area (Å²) in [5.41, 5.74) is 0. The maximum atomic E-state index is 12.3. The second-order valence-electron chi connectivity index (χ2n) is 4.39. The van der Waals surface area contributed by atoms with Crippen molar-refractivity contribution < 1.29 is 21.9 Å². The molecule has 1 aliphatic heterocycles. The fourth-order valence-corrected chi connectivity index (χ4v) is 8.17. The van der Waals surface area contributed by atoms with Gasteiger partial charge in [-0.2, -0.15) is 0 Å². The first-order chi connectivity index (χ1) is 8.33. The number of sulfone groups is 2. The summed E-state index contributed by atoms with van der Waals surface area (Å²) >= 11 is 0. The second kappa shape index (κ2) is 4.32. The first-order valence-electron chi connectivity index (χ1n) is 5.51. The molecule has 1 aromatic rings. The maximum Gasteiger partial charge on any atom is 0.197 e. The third kappa shape index (κ3) is 1.77. The van der Waals surface area contributed by atoms with Crippen LogP contribution in [-0.2, 0) is 19.7 Å². The molecule has 0 saturated heterocycles. The molecule has 1 atom stereocenters. The quantitative estimate of drug-likeness (QED) is 0.880. The average Bonchev–Trinajstić information content (AvgIpc) is 2.44. The minimum Gasteiger partial charge on any atom is -0.396 e. The Kier molecular flexibility index (Phi) is 3.25. The van der Waals surface area contributed by atoms with Gasteiger partial charge in [-0.1, -0.05) is 19.1 Å². The number of aliphatic hydroxyl groups is 1. The van der Waals surface area contributed by atoms with Gasteiger partial charge in [-0.25, -0.2) is 16.8 Å². The Morgan fingerprint density at radius 2 is 1.56 bits per heavy atom. The van der Waals surface area contributed by atoms with E-state index in [-0.39, 0.29) is 22.8 Å². The highest BCUT2D eigenvalue weighted by molar-refractivity contribution is 8.11. The van der Waals surface area contributed by atoms with Crippen LogP contribution < -0.4 is 0 Å². The molecule has 7 heteroatoms. The van der Waals surface area contributed by atoms with Gasteiger partial charge in [0.1, 0.15) is 0 Å². The highest BCUT2D eigenvalue weighted by Gasteiger charge is 2.51. The van der Waals surface area contributed by atoms with Gasteiger partial charge in [0, 0.05) is 6.61 Å². The van der Waals surface area contributed by atoms with Crippen LogP contribution in [0.2, 0.25) is 0 Å². The first-order valence-corrected chi connectivity index (χ1v) is 8.60. The molecule has 0 aromatic heterocycles. The van der Waals surface area contributed by atoms with E-state index < -0.39 is 30.2 Å². The monoisotopic (exact) mass is 290 g/mol. The molecule has 0 bridgehead atoms. The molecule has 0 aliphatic carbocycles. The lowest BCUT2D eigenvalue weighted by atomic mass is 10.1. The molecule has 1 aromatic carbocycles. The number of hydrogen-bond acceptors (Lipinski definition) is 5. The molecule has 1 aliphatic rings. The molecule has 0 amide bonds. The van der Waals surface area contributed by atoms with Gasteiger partial charge in [0.25, 0.3) is 0 Å². The lowest BCUT2D eigenvalue weighted by Crippen LogP contribution is -2.31. The number of fused-ring (bicyclic) bond motifs is 1.